The SMILES string of the molecule is CS(=O)(=O)CCOc1c(F)cccc1CN. The van der Waals surface area contributed by atoms with E-state index in [9.17, 15) is 12.8 Å². The van der Waals surface area contributed by atoms with E-state index in [0.29, 0.717) is 5.56 Å². The van der Waals surface area contributed by atoms with E-state index in [1.54, 1.807) is 6.07 Å². The Balaban J connectivity index is 2.73. The van der Waals surface area contributed by atoms with Crippen LogP contribution in [-0.2, 0) is 16.4 Å². The van der Waals surface area contributed by atoms with Gasteiger partial charge in [0.05, 0.1) is 5.75 Å². The van der Waals surface area contributed by atoms with Gasteiger partial charge in [-0.1, -0.05) is 12.1 Å². The summed E-state index contributed by atoms with van der Waals surface area (Å²) < 4.78 is 40.2. The van der Waals surface area contributed by atoms with Crippen LogP contribution in [0.1, 0.15) is 5.56 Å². The first-order valence-corrected chi connectivity index (χ1v) is 6.78. The molecule has 0 saturated heterocycles. The Morgan fingerprint density at radius 1 is 1.44 bits per heavy atom. The van der Waals surface area contributed by atoms with Crippen LogP contribution in [0.2, 0.25) is 0 Å². The van der Waals surface area contributed by atoms with Gasteiger partial charge in [0, 0.05) is 18.4 Å². The molecule has 0 aliphatic heterocycles. The average molecular weight is 247 g/mol. The van der Waals surface area contributed by atoms with Crippen LogP contribution >= 0.6 is 0 Å². The zero-order valence-corrected chi connectivity index (χ0v) is 9.76. The van der Waals surface area contributed by atoms with Gasteiger partial charge in [-0.05, 0) is 6.07 Å². The summed E-state index contributed by atoms with van der Waals surface area (Å²) in [4.78, 5) is 0. The highest BCUT2D eigenvalue weighted by molar-refractivity contribution is 7.90. The maximum Gasteiger partial charge on any atom is 0.165 e. The minimum atomic E-state index is -3.11. The second-order valence-corrected chi connectivity index (χ2v) is 5.67. The minimum Gasteiger partial charge on any atom is -0.489 e. The lowest BCUT2D eigenvalue weighted by molar-refractivity contribution is 0.319. The number of hydrogen-bond donors (Lipinski definition) is 1. The third-order valence-electron chi connectivity index (χ3n) is 1.97. The van der Waals surface area contributed by atoms with Crippen LogP contribution in [0.4, 0.5) is 4.39 Å². The van der Waals surface area contributed by atoms with Gasteiger partial charge in [-0.25, -0.2) is 12.8 Å². The summed E-state index contributed by atoms with van der Waals surface area (Å²) in [6, 6.07) is 4.41. The molecule has 1 aromatic carbocycles. The smallest absolute Gasteiger partial charge is 0.165 e. The van der Waals surface area contributed by atoms with Crippen molar-refractivity contribution in [2.45, 2.75) is 6.54 Å². The highest BCUT2D eigenvalue weighted by atomic mass is 32.2. The molecule has 0 aromatic heterocycles. The van der Waals surface area contributed by atoms with E-state index in [0.717, 1.165) is 6.26 Å². The largest absolute Gasteiger partial charge is 0.489 e. The fraction of sp³-hybridized carbons (Fsp3) is 0.400. The van der Waals surface area contributed by atoms with Crippen LogP contribution < -0.4 is 10.5 Å². The summed E-state index contributed by atoms with van der Waals surface area (Å²) in [6.07, 6.45) is 1.10. The molecule has 0 amide bonds. The van der Waals surface area contributed by atoms with Crippen LogP contribution in [0.15, 0.2) is 18.2 Å². The predicted molar refractivity (Wildman–Crippen MR) is 59.5 cm³/mol. The van der Waals surface area contributed by atoms with Gasteiger partial charge in [0.2, 0.25) is 0 Å². The van der Waals surface area contributed by atoms with Crippen molar-refractivity contribution < 1.29 is 17.5 Å². The molecule has 0 radical (unpaired) electrons. The molecule has 0 aliphatic rings. The van der Waals surface area contributed by atoms with Crippen molar-refractivity contribution in [2.75, 3.05) is 18.6 Å². The molecule has 90 valence electrons. The predicted octanol–water partition coefficient (Wildman–Crippen LogP) is 0.708. The Kier molecular flexibility index (Phi) is 4.26. The Bertz CT molecular complexity index is 459. The molecule has 0 unspecified atom stereocenters. The first kappa shape index (κ1) is 12.9. The molecule has 2 N–H and O–H groups in total. The lowest BCUT2D eigenvalue weighted by Crippen LogP contribution is -2.14. The Morgan fingerprint density at radius 3 is 2.69 bits per heavy atom. The van der Waals surface area contributed by atoms with Crippen molar-refractivity contribution in [1.29, 1.82) is 0 Å². The maximum atomic E-state index is 13.3. The first-order valence-electron chi connectivity index (χ1n) is 4.72. The number of halogens is 1. The van der Waals surface area contributed by atoms with E-state index in [1.165, 1.54) is 12.1 Å². The van der Waals surface area contributed by atoms with Gasteiger partial charge < -0.3 is 10.5 Å². The van der Waals surface area contributed by atoms with E-state index >= 15 is 0 Å². The van der Waals surface area contributed by atoms with Crippen molar-refractivity contribution in [1.82, 2.24) is 0 Å². The molecular weight excluding hydrogens is 233 g/mol. The zero-order chi connectivity index (χ0) is 12.2. The fourth-order valence-electron chi connectivity index (χ4n) is 1.17. The van der Waals surface area contributed by atoms with Crippen LogP contribution in [0, 0.1) is 5.82 Å². The molecule has 1 rings (SSSR count). The number of benzene rings is 1. The molecule has 0 aliphatic carbocycles. The van der Waals surface area contributed by atoms with E-state index in [1.807, 2.05) is 0 Å². The summed E-state index contributed by atoms with van der Waals surface area (Å²) in [6.45, 7) is 0.0682. The standard InChI is InChI=1S/C10H14FNO3S/c1-16(13,14)6-5-15-10-8(7-12)3-2-4-9(10)11/h2-4H,5-7,12H2,1H3. The highest BCUT2D eigenvalue weighted by Gasteiger charge is 2.10. The zero-order valence-electron chi connectivity index (χ0n) is 8.94. The molecule has 4 nitrogen and oxygen atoms in total. The summed E-state index contributed by atoms with van der Waals surface area (Å²) in [5, 5.41) is 0. The second-order valence-electron chi connectivity index (χ2n) is 3.41. The second kappa shape index (κ2) is 5.27. The molecule has 6 heteroatoms. The molecular formula is C10H14FNO3S. The van der Waals surface area contributed by atoms with E-state index in [4.69, 9.17) is 10.5 Å². The van der Waals surface area contributed by atoms with E-state index < -0.39 is 15.7 Å². The van der Waals surface area contributed by atoms with Gasteiger partial charge in [0.25, 0.3) is 0 Å². The van der Waals surface area contributed by atoms with Crippen LogP contribution in [0.25, 0.3) is 0 Å². The Labute approximate surface area is 94.1 Å². The molecule has 1 aromatic rings. The summed E-state index contributed by atoms with van der Waals surface area (Å²) >= 11 is 0. The van der Waals surface area contributed by atoms with Crippen molar-refractivity contribution in [2.24, 2.45) is 5.73 Å². The topological polar surface area (TPSA) is 69.4 Å². The maximum absolute atomic E-state index is 13.3. The monoisotopic (exact) mass is 247 g/mol. The molecule has 0 bridgehead atoms. The number of ether oxygens (including phenoxy) is 1. The number of sulfone groups is 1. The summed E-state index contributed by atoms with van der Waals surface area (Å²) in [7, 11) is -3.11. The van der Waals surface area contributed by atoms with Crippen LogP contribution in [-0.4, -0.2) is 27.0 Å². The Hall–Kier alpha value is -1.14. The van der Waals surface area contributed by atoms with Gasteiger partial charge in [0.15, 0.2) is 21.4 Å². The van der Waals surface area contributed by atoms with Gasteiger partial charge in [0.1, 0.15) is 6.61 Å². The Morgan fingerprint density at radius 2 is 2.12 bits per heavy atom. The van der Waals surface area contributed by atoms with Gasteiger partial charge in [-0.15, -0.1) is 0 Å². The van der Waals surface area contributed by atoms with E-state index in [2.05, 4.69) is 0 Å². The lowest BCUT2D eigenvalue weighted by Gasteiger charge is -2.10. The first-order chi connectivity index (χ1) is 7.44. The number of nitrogens with two attached hydrogens (primary N) is 1. The quantitative estimate of drug-likeness (QED) is 0.832. The summed E-state index contributed by atoms with van der Waals surface area (Å²) in [5.41, 5.74) is 5.93. The van der Waals surface area contributed by atoms with Crippen molar-refractivity contribution in [3.63, 3.8) is 0 Å². The average Bonchev–Trinajstić information content (AvgIpc) is 2.18. The molecule has 0 heterocycles. The minimum absolute atomic E-state index is 0.0358. The molecule has 0 atom stereocenters. The van der Waals surface area contributed by atoms with Crippen molar-refractivity contribution >= 4 is 9.84 Å². The van der Waals surface area contributed by atoms with Crippen LogP contribution in [0.5, 0.6) is 5.75 Å². The molecule has 0 spiro atoms. The highest BCUT2D eigenvalue weighted by Crippen LogP contribution is 2.22. The van der Waals surface area contributed by atoms with Crippen molar-refractivity contribution in [3.05, 3.63) is 29.6 Å². The van der Waals surface area contributed by atoms with Gasteiger partial charge in [-0.3, -0.25) is 0 Å². The van der Waals surface area contributed by atoms with Gasteiger partial charge >= 0.3 is 0 Å². The molecule has 16 heavy (non-hydrogen) atoms. The number of hydrogen-bond acceptors (Lipinski definition) is 4. The lowest BCUT2D eigenvalue weighted by atomic mass is 10.2. The van der Waals surface area contributed by atoms with Crippen molar-refractivity contribution in [3.8, 4) is 5.75 Å². The third-order valence-corrected chi connectivity index (χ3v) is 2.88. The third kappa shape index (κ3) is 3.79. The molecule has 0 fully saturated rings. The normalized spacial score (nSPS) is 11.4. The number of rotatable bonds is 5. The molecule has 0 saturated carbocycles. The number of para-hydroxylation sites is 1. The van der Waals surface area contributed by atoms with Gasteiger partial charge in [-0.2, -0.15) is 0 Å². The van der Waals surface area contributed by atoms with E-state index in [-0.39, 0.29) is 24.7 Å². The summed E-state index contributed by atoms with van der Waals surface area (Å²) in [5.74, 6) is -0.643. The van der Waals surface area contributed by atoms with Crippen LogP contribution in [0.3, 0.4) is 0 Å². The fourth-order valence-corrected chi connectivity index (χ4v) is 1.56.